The molecule has 0 saturated carbocycles. The van der Waals surface area contributed by atoms with Crippen molar-refractivity contribution in [2.75, 3.05) is 7.11 Å². The van der Waals surface area contributed by atoms with E-state index in [0.717, 1.165) is 29.1 Å². The highest BCUT2D eigenvalue weighted by atomic mass is 35.5. The van der Waals surface area contributed by atoms with Gasteiger partial charge in [0.05, 0.1) is 29.6 Å². The van der Waals surface area contributed by atoms with E-state index in [1.807, 2.05) is 36.7 Å². The third-order valence-corrected chi connectivity index (χ3v) is 4.37. The van der Waals surface area contributed by atoms with Crippen molar-refractivity contribution in [2.24, 2.45) is 0 Å². The number of nitrogens with one attached hydrogen (secondary N) is 1. The standard InChI is InChI=1S/C16H18ClN3O2/c1-9-16(13-5-7-15(21)18-13)10(2)20(19-9)11-4-6-14(22-3)12(17)8-11/h4,6,8,13H,5,7H2,1-3H3,(H,18,21). The number of carbonyl (C=O) groups is 1. The minimum Gasteiger partial charge on any atom is -0.495 e. The molecule has 1 amide bonds. The zero-order chi connectivity index (χ0) is 15.9. The molecule has 1 atom stereocenters. The van der Waals surface area contributed by atoms with E-state index in [1.165, 1.54) is 0 Å². The van der Waals surface area contributed by atoms with Gasteiger partial charge in [-0.2, -0.15) is 5.10 Å². The number of amides is 1. The van der Waals surface area contributed by atoms with Crippen LogP contribution in [0.15, 0.2) is 18.2 Å². The number of hydrogen-bond donors (Lipinski definition) is 1. The number of halogens is 1. The van der Waals surface area contributed by atoms with Crippen molar-refractivity contribution in [3.05, 3.63) is 40.2 Å². The molecule has 1 fully saturated rings. The first-order valence-corrected chi connectivity index (χ1v) is 7.58. The second kappa shape index (κ2) is 5.65. The second-order valence-corrected chi connectivity index (χ2v) is 5.88. The quantitative estimate of drug-likeness (QED) is 0.945. The summed E-state index contributed by atoms with van der Waals surface area (Å²) in [6, 6.07) is 5.62. The first-order valence-electron chi connectivity index (χ1n) is 7.20. The van der Waals surface area contributed by atoms with Crippen molar-refractivity contribution in [1.29, 1.82) is 0 Å². The molecule has 1 aromatic heterocycles. The van der Waals surface area contributed by atoms with Crippen molar-refractivity contribution in [3.63, 3.8) is 0 Å². The van der Waals surface area contributed by atoms with Crippen molar-refractivity contribution in [3.8, 4) is 11.4 Å². The monoisotopic (exact) mass is 319 g/mol. The van der Waals surface area contributed by atoms with Crippen LogP contribution in [0.3, 0.4) is 0 Å². The van der Waals surface area contributed by atoms with Crippen LogP contribution >= 0.6 is 11.6 Å². The topological polar surface area (TPSA) is 56.2 Å². The highest BCUT2D eigenvalue weighted by Crippen LogP contribution is 2.32. The highest BCUT2D eigenvalue weighted by Gasteiger charge is 2.28. The van der Waals surface area contributed by atoms with Crippen LogP contribution < -0.4 is 10.1 Å². The molecule has 6 heteroatoms. The fraction of sp³-hybridized carbons (Fsp3) is 0.375. The summed E-state index contributed by atoms with van der Waals surface area (Å²) in [4.78, 5) is 11.5. The summed E-state index contributed by atoms with van der Waals surface area (Å²) >= 11 is 6.20. The molecule has 1 aliphatic heterocycles. The molecule has 0 bridgehead atoms. The Morgan fingerprint density at radius 2 is 2.18 bits per heavy atom. The molecule has 2 heterocycles. The molecule has 1 N–H and O–H groups in total. The molecule has 1 unspecified atom stereocenters. The van der Waals surface area contributed by atoms with Crippen LogP contribution in [0.5, 0.6) is 5.75 Å². The molecule has 3 rings (SSSR count). The molecule has 0 spiro atoms. The number of nitrogens with zero attached hydrogens (tertiary/aromatic N) is 2. The van der Waals surface area contributed by atoms with Crippen LogP contribution in [0.4, 0.5) is 0 Å². The van der Waals surface area contributed by atoms with E-state index in [1.54, 1.807) is 7.11 Å². The number of hydrogen-bond acceptors (Lipinski definition) is 3. The first-order chi connectivity index (χ1) is 10.5. The normalized spacial score (nSPS) is 17.6. The van der Waals surface area contributed by atoms with Crippen LogP contribution in [-0.4, -0.2) is 22.8 Å². The maximum absolute atomic E-state index is 11.5. The maximum atomic E-state index is 11.5. The number of aryl methyl sites for hydroxylation is 1. The molecule has 2 aromatic rings. The second-order valence-electron chi connectivity index (χ2n) is 5.47. The number of aromatic nitrogens is 2. The lowest BCUT2D eigenvalue weighted by molar-refractivity contribution is -0.119. The summed E-state index contributed by atoms with van der Waals surface area (Å²) in [6.45, 7) is 3.98. The molecule has 116 valence electrons. The van der Waals surface area contributed by atoms with Gasteiger partial charge >= 0.3 is 0 Å². The average molecular weight is 320 g/mol. The summed E-state index contributed by atoms with van der Waals surface area (Å²) in [5.41, 5.74) is 3.92. The lowest BCUT2D eigenvalue weighted by Gasteiger charge is -2.12. The summed E-state index contributed by atoms with van der Waals surface area (Å²) < 4.78 is 7.04. The highest BCUT2D eigenvalue weighted by molar-refractivity contribution is 6.32. The van der Waals surface area contributed by atoms with Gasteiger partial charge in [-0.15, -0.1) is 0 Å². The van der Waals surface area contributed by atoms with Crippen LogP contribution in [0, 0.1) is 13.8 Å². The van der Waals surface area contributed by atoms with Crippen molar-refractivity contribution < 1.29 is 9.53 Å². The van der Waals surface area contributed by atoms with Crippen molar-refractivity contribution in [1.82, 2.24) is 15.1 Å². The van der Waals surface area contributed by atoms with E-state index in [2.05, 4.69) is 10.4 Å². The summed E-state index contributed by atoms with van der Waals surface area (Å²) in [5, 5.41) is 8.17. The van der Waals surface area contributed by atoms with Gasteiger partial charge in [0.25, 0.3) is 0 Å². The molecule has 5 nitrogen and oxygen atoms in total. The molecule has 1 saturated heterocycles. The lowest BCUT2D eigenvalue weighted by Crippen LogP contribution is -2.19. The van der Waals surface area contributed by atoms with Crippen LogP contribution in [0.1, 0.15) is 35.8 Å². The fourth-order valence-corrected chi connectivity index (χ4v) is 3.28. The van der Waals surface area contributed by atoms with E-state index in [0.29, 0.717) is 17.2 Å². The maximum Gasteiger partial charge on any atom is 0.220 e. The predicted molar refractivity (Wildman–Crippen MR) is 84.7 cm³/mol. The van der Waals surface area contributed by atoms with Gasteiger partial charge in [0.15, 0.2) is 0 Å². The molecule has 22 heavy (non-hydrogen) atoms. The molecular formula is C16H18ClN3O2. The van der Waals surface area contributed by atoms with Crippen LogP contribution in [0.25, 0.3) is 5.69 Å². The van der Waals surface area contributed by atoms with Gasteiger partial charge in [-0.3, -0.25) is 4.79 Å². The first kappa shape index (κ1) is 14.9. The van der Waals surface area contributed by atoms with Gasteiger partial charge in [-0.25, -0.2) is 4.68 Å². The molecule has 0 aliphatic carbocycles. The Labute approximate surface area is 134 Å². The van der Waals surface area contributed by atoms with E-state index < -0.39 is 0 Å². The Balaban J connectivity index is 2.02. The summed E-state index contributed by atoms with van der Waals surface area (Å²) in [7, 11) is 1.59. The van der Waals surface area contributed by atoms with Crippen molar-refractivity contribution in [2.45, 2.75) is 32.7 Å². The van der Waals surface area contributed by atoms with Crippen LogP contribution in [0.2, 0.25) is 5.02 Å². The van der Waals surface area contributed by atoms with Gasteiger partial charge in [0.2, 0.25) is 5.91 Å². The summed E-state index contributed by atoms with van der Waals surface area (Å²) in [5.74, 6) is 0.735. The largest absolute Gasteiger partial charge is 0.495 e. The fourth-order valence-electron chi connectivity index (χ4n) is 3.03. The van der Waals surface area contributed by atoms with Gasteiger partial charge in [0.1, 0.15) is 5.75 Å². The van der Waals surface area contributed by atoms with E-state index in [9.17, 15) is 4.79 Å². The number of benzene rings is 1. The predicted octanol–water partition coefficient (Wildman–Crippen LogP) is 3.10. The Kier molecular flexibility index (Phi) is 3.83. The van der Waals surface area contributed by atoms with Crippen molar-refractivity contribution >= 4 is 17.5 Å². The number of ether oxygens (including phenoxy) is 1. The van der Waals surface area contributed by atoms with Gasteiger partial charge in [-0.05, 0) is 38.5 Å². The smallest absolute Gasteiger partial charge is 0.220 e. The third kappa shape index (κ3) is 2.46. The summed E-state index contributed by atoms with van der Waals surface area (Å²) in [6.07, 6.45) is 1.39. The third-order valence-electron chi connectivity index (χ3n) is 4.07. The van der Waals surface area contributed by atoms with Crippen LogP contribution in [-0.2, 0) is 4.79 Å². The Morgan fingerprint density at radius 3 is 2.77 bits per heavy atom. The van der Waals surface area contributed by atoms with Gasteiger partial charge in [-0.1, -0.05) is 11.6 Å². The zero-order valence-electron chi connectivity index (χ0n) is 12.8. The average Bonchev–Trinajstić information content (AvgIpc) is 3.02. The number of methoxy groups -OCH3 is 1. The molecular weight excluding hydrogens is 302 g/mol. The Bertz CT molecular complexity index is 739. The number of carbonyl (C=O) groups excluding carboxylic acids is 1. The zero-order valence-corrected chi connectivity index (χ0v) is 13.6. The Hall–Kier alpha value is -2.01. The minimum atomic E-state index is 0.0509. The Morgan fingerprint density at radius 1 is 1.41 bits per heavy atom. The SMILES string of the molecule is COc1ccc(-n2nc(C)c(C3CCC(=O)N3)c2C)cc1Cl. The van der Waals surface area contributed by atoms with E-state index in [-0.39, 0.29) is 11.9 Å². The van der Waals surface area contributed by atoms with E-state index >= 15 is 0 Å². The van der Waals surface area contributed by atoms with Gasteiger partial charge in [0, 0.05) is 17.7 Å². The minimum absolute atomic E-state index is 0.0509. The van der Waals surface area contributed by atoms with E-state index in [4.69, 9.17) is 16.3 Å². The number of rotatable bonds is 3. The molecule has 0 radical (unpaired) electrons. The van der Waals surface area contributed by atoms with Gasteiger partial charge < -0.3 is 10.1 Å². The molecule has 1 aliphatic rings. The molecule has 1 aromatic carbocycles. The lowest BCUT2D eigenvalue weighted by atomic mass is 10.0.